The second-order valence-corrected chi connectivity index (χ2v) is 6.32. The zero-order chi connectivity index (χ0) is 12.9. The maximum atomic E-state index is 6.07. The van der Waals surface area contributed by atoms with Gasteiger partial charge in [0.25, 0.3) is 0 Å². The van der Waals surface area contributed by atoms with Crippen LogP contribution in [0.2, 0.25) is 0 Å². The van der Waals surface area contributed by atoms with Crippen LogP contribution in [0.4, 0.5) is 0 Å². The fourth-order valence-electron chi connectivity index (χ4n) is 3.17. The average molecular weight is 240 g/mol. The molecule has 2 nitrogen and oxygen atoms in total. The molecule has 4 unspecified atom stereocenters. The minimum Gasteiger partial charge on any atom is -0.329 e. The maximum absolute atomic E-state index is 6.07. The molecule has 0 aliphatic heterocycles. The highest BCUT2D eigenvalue weighted by molar-refractivity contribution is 4.94. The van der Waals surface area contributed by atoms with Gasteiger partial charge in [0.2, 0.25) is 0 Å². The van der Waals surface area contributed by atoms with Crippen molar-refractivity contribution >= 4 is 0 Å². The molecule has 3 N–H and O–H groups in total. The fraction of sp³-hybridized carbons (Fsp3) is 1.00. The second kappa shape index (κ2) is 6.75. The number of hydrogen-bond donors (Lipinski definition) is 2. The minimum absolute atomic E-state index is 0.185. The van der Waals surface area contributed by atoms with Gasteiger partial charge in [0.15, 0.2) is 0 Å². The first-order chi connectivity index (χ1) is 8.05. The van der Waals surface area contributed by atoms with Crippen LogP contribution in [-0.4, -0.2) is 18.1 Å². The van der Waals surface area contributed by atoms with Crippen molar-refractivity contribution in [3.8, 4) is 0 Å². The summed E-state index contributed by atoms with van der Waals surface area (Å²) >= 11 is 0. The number of rotatable bonds is 7. The lowest BCUT2D eigenvalue weighted by Gasteiger charge is -2.38. The predicted octanol–water partition coefficient (Wildman–Crippen LogP) is 3.31. The molecule has 0 radical (unpaired) electrons. The first-order valence-corrected chi connectivity index (χ1v) is 7.53. The maximum Gasteiger partial charge on any atom is 0.0306 e. The van der Waals surface area contributed by atoms with Crippen LogP contribution in [0.3, 0.4) is 0 Å². The molecule has 0 bridgehead atoms. The zero-order valence-corrected chi connectivity index (χ0v) is 12.3. The van der Waals surface area contributed by atoms with E-state index in [1.165, 1.54) is 32.1 Å². The Morgan fingerprint density at radius 3 is 2.47 bits per heavy atom. The number of nitrogens with one attached hydrogen (secondary N) is 1. The molecule has 102 valence electrons. The van der Waals surface area contributed by atoms with E-state index in [4.69, 9.17) is 5.73 Å². The molecule has 0 saturated heterocycles. The quantitative estimate of drug-likeness (QED) is 0.716. The van der Waals surface area contributed by atoms with Gasteiger partial charge >= 0.3 is 0 Å². The Hall–Kier alpha value is -0.0800. The van der Waals surface area contributed by atoms with Crippen LogP contribution in [0.1, 0.15) is 66.2 Å². The second-order valence-electron chi connectivity index (χ2n) is 6.32. The molecule has 0 aromatic carbocycles. The summed E-state index contributed by atoms with van der Waals surface area (Å²) in [5.74, 6) is 1.66. The monoisotopic (exact) mass is 240 g/mol. The van der Waals surface area contributed by atoms with Crippen LogP contribution in [-0.2, 0) is 0 Å². The summed E-state index contributed by atoms with van der Waals surface area (Å²) in [5, 5.41) is 3.90. The van der Waals surface area contributed by atoms with Crippen molar-refractivity contribution in [2.75, 3.05) is 6.54 Å². The van der Waals surface area contributed by atoms with Gasteiger partial charge in [-0.15, -0.1) is 0 Å². The average Bonchev–Trinajstić information content (AvgIpc) is 2.73. The molecule has 4 atom stereocenters. The highest BCUT2D eigenvalue weighted by Gasteiger charge is 2.32. The van der Waals surface area contributed by atoms with E-state index in [0.29, 0.717) is 6.04 Å². The van der Waals surface area contributed by atoms with Crippen LogP contribution < -0.4 is 11.1 Å². The lowest BCUT2D eigenvalue weighted by Crippen LogP contribution is -2.55. The zero-order valence-electron chi connectivity index (χ0n) is 12.3. The third-order valence-electron chi connectivity index (χ3n) is 4.71. The Kier molecular flexibility index (Phi) is 5.94. The Bertz CT molecular complexity index is 211. The topological polar surface area (TPSA) is 38.0 Å². The molecule has 17 heavy (non-hydrogen) atoms. The van der Waals surface area contributed by atoms with Gasteiger partial charge in [0, 0.05) is 18.1 Å². The molecule has 1 saturated carbocycles. The van der Waals surface area contributed by atoms with Crippen molar-refractivity contribution < 1.29 is 0 Å². The van der Waals surface area contributed by atoms with Gasteiger partial charge in [-0.05, 0) is 43.9 Å². The predicted molar refractivity (Wildman–Crippen MR) is 76.1 cm³/mol. The van der Waals surface area contributed by atoms with E-state index in [0.717, 1.165) is 24.8 Å². The Labute approximate surface area is 108 Å². The van der Waals surface area contributed by atoms with E-state index in [1.54, 1.807) is 0 Å². The normalized spacial score (nSPS) is 30.2. The van der Waals surface area contributed by atoms with Crippen LogP contribution in [0, 0.1) is 11.8 Å². The van der Waals surface area contributed by atoms with Crippen molar-refractivity contribution in [3.05, 3.63) is 0 Å². The molecule has 1 fully saturated rings. The van der Waals surface area contributed by atoms with Crippen LogP contribution >= 0.6 is 0 Å². The molecule has 1 aliphatic rings. The molecule has 0 amide bonds. The van der Waals surface area contributed by atoms with Crippen molar-refractivity contribution in [3.63, 3.8) is 0 Å². The lowest BCUT2D eigenvalue weighted by molar-refractivity contribution is 0.226. The SMILES string of the molecule is CCC(C)CC(CC)(CN)NC1CCC(C)C1. The van der Waals surface area contributed by atoms with Crippen molar-refractivity contribution in [2.45, 2.75) is 77.8 Å². The molecular formula is C15H32N2. The summed E-state index contributed by atoms with van der Waals surface area (Å²) in [6.45, 7) is 10.0. The fourth-order valence-corrected chi connectivity index (χ4v) is 3.17. The molecule has 0 aromatic rings. The lowest BCUT2D eigenvalue weighted by atomic mass is 9.84. The summed E-state index contributed by atoms with van der Waals surface area (Å²) in [6, 6.07) is 0.706. The third kappa shape index (κ3) is 4.26. The van der Waals surface area contributed by atoms with Crippen LogP contribution in [0.5, 0.6) is 0 Å². The van der Waals surface area contributed by atoms with E-state index >= 15 is 0 Å². The first-order valence-electron chi connectivity index (χ1n) is 7.53. The summed E-state index contributed by atoms with van der Waals surface area (Å²) in [5.41, 5.74) is 6.26. The molecular weight excluding hydrogens is 208 g/mol. The van der Waals surface area contributed by atoms with Crippen LogP contribution in [0.25, 0.3) is 0 Å². The van der Waals surface area contributed by atoms with Gasteiger partial charge < -0.3 is 11.1 Å². The first kappa shape index (κ1) is 15.0. The van der Waals surface area contributed by atoms with Crippen molar-refractivity contribution in [1.82, 2.24) is 5.32 Å². The number of hydrogen-bond acceptors (Lipinski definition) is 2. The molecule has 0 aromatic heterocycles. The summed E-state index contributed by atoms with van der Waals surface area (Å²) in [6.07, 6.45) is 7.68. The van der Waals surface area contributed by atoms with E-state index in [1.807, 2.05) is 0 Å². The van der Waals surface area contributed by atoms with Gasteiger partial charge in [0.05, 0.1) is 0 Å². The van der Waals surface area contributed by atoms with Crippen molar-refractivity contribution in [2.24, 2.45) is 17.6 Å². The van der Waals surface area contributed by atoms with Crippen LogP contribution in [0.15, 0.2) is 0 Å². The Morgan fingerprint density at radius 2 is 2.06 bits per heavy atom. The van der Waals surface area contributed by atoms with Gasteiger partial charge in [-0.3, -0.25) is 0 Å². The van der Waals surface area contributed by atoms with E-state index in [-0.39, 0.29) is 5.54 Å². The van der Waals surface area contributed by atoms with Gasteiger partial charge in [-0.25, -0.2) is 0 Å². The number of nitrogens with two attached hydrogens (primary N) is 1. The molecule has 0 spiro atoms. The smallest absolute Gasteiger partial charge is 0.0306 e. The Morgan fingerprint density at radius 1 is 1.35 bits per heavy atom. The summed E-state index contributed by atoms with van der Waals surface area (Å²) in [7, 11) is 0. The van der Waals surface area contributed by atoms with E-state index in [9.17, 15) is 0 Å². The molecule has 0 heterocycles. The van der Waals surface area contributed by atoms with E-state index in [2.05, 4.69) is 33.0 Å². The molecule has 1 aliphatic carbocycles. The molecule has 1 rings (SSSR count). The van der Waals surface area contributed by atoms with Crippen molar-refractivity contribution in [1.29, 1.82) is 0 Å². The largest absolute Gasteiger partial charge is 0.329 e. The van der Waals surface area contributed by atoms with Gasteiger partial charge in [-0.2, -0.15) is 0 Å². The van der Waals surface area contributed by atoms with Gasteiger partial charge in [0.1, 0.15) is 0 Å². The van der Waals surface area contributed by atoms with E-state index < -0.39 is 0 Å². The third-order valence-corrected chi connectivity index (χ3v) is 4.71. The summed E-state index contributed by atoms with van der Waals surface area (Å²) < 4.78 is 0. The van der Waals surface area contributed by atoms with Gasteiger partial charge in [-0.1, -0.05) is 34.1 Å². The minimum atomic E-state index is 0.185. The Balaban J connectivity index is 2.57. The summed E-state index contributed by atoms with van der Waals surface area (Å²) in [4.78, 5) is 0. The standard InChI is InChI=1S/C15H32N2/c1-5-12(3)10-15(6-2,11-16)17-14-8-7-13(4)9-14/h12-14,17H,5-11,16H2,1-4H3. The highest BCUT2D eigenvalue weighted by Crippen LogP contribution is 2.29. The molecule has 2 heteroatoms. The highest BCUT2D eigenvalue weighted by atomic mass is 15.0.